The topological polar surface area (TPSA) is 106 Å². The van der Waals surface area contributed by atoms with Crippen molar-refractivity contribution in [2.75, 3.05) is 30.5 Å². The maximum Gasteiger partial charge on any atom is 0.319 e. The van der Waals surface area contributed by atoms with E-state index >= 15 is 0 Å². The molecule has 0 aliphatic carbocycles. The second-order valence-electron chi connectivity index (χ2n) is 5.56. The number of methoxy groups -OCH3 is 2. The van der Waals surface area contributed by atoms with E-state index in [1.807, 2.05) is 6.07 Å². The van der Waals surface area contributed by atoms with E-state index in [4.69, 9.17) is 9.47 Å². The average Bonchev–Trinajstić information content (AvgIpc) is 2.58. The Bertz CT molecular complexity index is 934. The quantitative estimate of drug-likeness (QED) is 0.591. The lowest BCUT2D eigenvalue weighted by Crippen LogP contribution is -2.28. The Morgan fingerprint density at radius 3 is 2.41 bits per heavy atom. The molecule has 0 radical (unpaired) electrons. The first-order valence-electron chi connectivity index (χ1n) is 7.75. The Hall–Kier alpha value is -2.46. The van der Waals surface area contributed by atoms with Crippen molar-refractivity contribution in [2.45, 2.75) is 6.54 Å². The number of halogens is 1. The molecular weight excluding hydrogens is 438 g/mol. The lowest BCUT2D eigenvalue weighted by atomic mass is 10.1. The van der Waals surface area contributed by atoms with Crippen LogP contribution in [0.2, 0.25) is 0 Å². The zero-order chi connectivity index (χ0) is 20.0. The normalized spacial score (nSPS) is 10.8. The first kappa shape index (κ1) is 20.8. The SMILES string of the molecule is COc1cc(NS(C)(=O)=O)c(OC)cc1CNC(=O)Nc1cccc(Br)c1. The third kappa shape index (κ3) is 6.33. The number of anilines is 2. The summed E-state index contributed by atoms with van der Waals surface area (Å²) < 4.78 is 36.7. The average molecular weight is 458 g/mol. The molecule has 8 nitrogen and oxygen atoms in total. The summed E-state index contributed by atoms with van der Waals surface area (Å²) >= 11 is 3.34. The molecule has 146 valence electrons. The van der Waals surface area contributed by atoms with Gasteiger partial charge in [0.15, 0.2) is 0 Å². The highest BCUT2D eigenvalue weighted by atomic mass is 79.9. The van der Waals surface area contributed by atoms with Gasteiger partial charge in [0, 0.05) is 28.3 Å². The Kier molecular flexibility index (Phi) is 6.92. The van der Waals surface area contributed by atoms with Gasteiger partial charge in [-0.25, -0.2) is 13.2 Å². The van der Waals surface area contributed by atoms with Gasteiger partial charge in [0.1, 0.15) is 11.5 Å². The highest BCUT2D eigenvalue weighted by Crippen LogP contribution is 2.33. The molecule has 10 heteroatoms. The molecule has 0 unspecified atom stereocenters. The van der Waals surface area contributed by atoms with Crippen molar-refractivity contribution in [3.63, 3.8) is 0 Å². The number of urea groups is 1. The van der Waals surface area contributed by atoms with Crippen LogP contribution in [-0.2, 0) is 16.6 Å². The molecule has 0 saturated heterocycles. The Labute approximate surface area is 166 Å². The van der Waals surface area contributed by atoms with Crippen LogP contribution in [-0.4, -0.2) is 34.9 Å². The number of nitrogens with one attached hydrogen (secondary N) is 3. The Morgan fingerprint density at radius 1 is 1.11 bits per heavy atom. The maximum atomic E-state index is 12.1. The summed E-state index contributed by atoms with van der Waals surface area (Å²) in [5.41, 5.74) is 1.51. The van der Waals surface area contributed by atoms with Crippen LogP contribution in [0, 0.1) is 0 Å². The molecule has 0 fully saturated rings. The summed E-state index contributed by atoms with van der Waals surface area (Å²) in [6, 6.07) is 9.91. The third-order valence-corrected chi connectivity index (χ3v) is 4.50. The van der Waals surface area contributed by atoms with Crippen molar-refractivity contribution in [1.82, 2.24) is 5.32 Å². The van der Waals surface area contributed by atoms with Gasteiger partial charge in [-0.3, -0.25) is 4.72 Å². The number of hydrogen-bond donors (Lipinski definition) is 3. The fourth-order valence-corrected chi connectivity index (χ4v) is 3.25. The van der Waals surface area contributed by atoms with Gasteiger partial charge in [0.2, 0.25) is 10.0 Å². The van der Waals surface area contributed by atoms with Crippen LogP contribution in [0.5, 0.6) is 11.5 Å². The number of rotatable bonds is 7. The third-order valence-electron chi connectivity index (χ3n) is 3.42. The number of amides is 2. The summed E-state index contributed by atoms with van der Waals surface area (Å²) in [5.74, 6) is 0.718. The van der Waals surface area contributed by atoms with Gasteiger partial charge < -0.3 is 20.1 Å². The number of hydrogen-bond acceptors (Lipinski definition) is 5. The Morgan fingerprint density at radius 2 is 1.81 bits per heavy atom. The molecule has 3 N–H and O–H groups in total. The number of carbonyl (C=O) groups is 1. The minimum atomic E-state index is -3.48. The number of benzene rings is 2. The van der Waals surface area contributed by atoms with Crippen molar-refractivity contribution in [3.05, 3.63) is 46.4 Å². The highest BCUT2D eigenvalue weighted by Gasteiger charge is 2.15. The lowest BCUT2D eigenvalue weighted by molar-refractivity contribution is 0.251. The molecule has 2 aromatic carbocycles. The van der Waals surface area contributed by atoms with Crippen molar-refractivity contribution in [3.8, 4) is 11.5 Å². The van der Waals surface area contributed by atoms with E-state index in [2.05, 4.69) is 31.3 Å². The van der Waals surface area contributed by atoms with Crippen LogP contribution in [0.4, 0.5) is 16.2 Å². The number of sulfonamides is 1. The molecule has 0 spiro atoms. The van der Waals surface area contributed by atoms with E-state index in [1.54, 1.807) is 24.3 Å². The molecule has 2 rings (SSSR count). The van der Waals surface area contributed by atoms with E-state index in [0.717, 1.165) is 10.7 Å². The smallest absolute Gasteiger partial charge is 0.319 e. The van der Waals surface area contributed by atoms with Crippen molar-refractivity contribution in [2.24, 2.45) is 0 Å². The van der Waals surface area contributed by atoms with Crippen LogP contribution in [0.25, 0.3) is 0 Å². The standard InChI is InChI=1S/C17H20BrN3O5S/c1-25-15-9-14(21-27(3,23)24)16(26-2)7-11(15)10-19-17(22)20-13-6-4-5-12(18)8-13/h4-9,21H,10H2,1-3H3,(H2,19,20,22). The lowest BCUT2D eigenvalue weighted by Gasteiger charge is -2.16. The Balaban J connectivity index is 2.14. The summed E-state index contributed by atoms with van der Waals surface area (Å²) in [5, 5.41) is 5.44. The molecule has 0 bridgehead atoms. The van der Waals surface area contributed by atoms with E-state index in [9.17, 15) is 13.2 Å². The fourth-order valence-electron chi connectivity index (χ4n) is 2.30. The molecule has 0 aliphatic heterocycles. The van der Waals surface area contributed by atoms with Gasteiger partial charge in [-0.15, -0.1) is 0 Å². The zero-order valence-electron chi connectivity index (χ0n) is 15.0. The number of ether oxygens (including phenoxy) is 2. The second kappa shape index (κ2) is 8.96. The molecule has 0 atom stereocenters. The summed E-state index contributed by atoms with van der Waals surface area (Å²) in [6.07, 6.45) is 1.04. The summed E-state index contributed by atoms with van der Waals surface area (Å²) in [6.45, 7) is 0.151. The van der Waals surface area contributed by atoms with Gasteiger partial charge in [-0.2, -0.15) is 0 Å². The van der Waals surface area contributed by atoms with E-state index in [0.29, 0.717) is 22.7 Å². The van der Waals surface area contributed by atoms with Gasteiger partial charge in [-0.1, -0.05) is 22.0 Å². The van der Waals surface area contributed by atoms with Crippen molar-refractivity contribution < 1.29 is 22.7 Å². The molecule has 2 amide bonds. The maximum absolute atomic E-state index is 12.1. The molecule has 2 aromatic rings. The first-order chi connectivity index (χ1) is 12.7. The van der Waals surface area contributed by atoms with Crippen LogP contribution in [0.1, 0.15) is 5.56 Å². The second-order valence-corrected chi connectivity index (χ2v) is 8.22. The molecule has 0 heterocycles. The van der Waals surface area contributed by atoms with Crippen molar-refractivity contribution >= 4 is 43.4 Å². The van der Waals surface area contributed by atoms with Gasteiger partial charge in [0.05, 0.1) is 26.2 Å². The summed E-state index contributed by atoms with van der Waals surface area (Å²) in [7, 11) is -0.602. The number of carbonyl (C=O) groups excluding carboxylic acids is 1. The zero-order valence-corrected chi connectivity index (χ0v) is 17.4. The minimum absolute atomic E-state index is 0.151. The van der Waals surface area contributed by atoms with E-state index in [1.165, 1.54) is 20.3 Å². The molecule has 0 aromatic heterocycles. The van der Waals surface area contributed by atoms with Gasteiger partial charge in [0.25, 0.3) is 0 Å². The fraction of sp³-hybridized carbons (Fsp3) is 0.235. The molecule has 0 aliphatic rings. The van der Waals surface area contributed by atoms with E-state index in [-0.39, 0.29) is 12.2 Å². The minimum Gasteiger partial charge on any atom is -0.496 e. The van der Waals surface area contributed by atoms with Gasteiger partial charge in [-0.05, 0) is 24.3 Å². The van der Waals surface area contributed by atoms with E-state index < -0.39 is 16.1 Å². The molecule has 27 heavy (non-hydrogen) atoms. The van der Waals surface area contributed by atoms with Crippen molar-refractivity contribution in [1.29, 1.82) is 0 Å². The van der Waals surface area contributed by atoms with Crippen LogP contribution >= 0.6 is 15.9 Å². The largest absolute Gasteiger partial charge is 0.496 e. The molecule has 0 saturated carbocycles. The predicted molar refractivity (Wildman–Crippen MR) is 108 cm³/mol. The van der Waals surface area contributed by atoms with Gasteiger partial charge >= 0.3 is 6.03 Å². The first-order valence-corrected chi connectivity index (χ1v) is 10.4. The van der Waals surface area contributed by atoms with Crippen LogP contribution in [0.15, 0.2) is 40.9 Å². The monoisotopic (exact) mass is 457 g/mol. The summed E-state index contributed by atoms with van der Waals surface area (Å²) in [4.78, 5) is 12.1. The highest BCUT2D eigenvalue weighted by molar-refractivity contribution is 9.10. The molecular formula is C17H20BrN3O5S. The van der Waals surface area contributed by atoms with Crippen LogP contribution < -0.4 is 24.8 Å². The van der Waals surface area contributed by atoms with Crippen LogP contribution in [0.3, 0.4) is 0 Å². The predicted octanol–water partition coefficient (Wildman–Crippen LogP) is 3.16.